The van der Waals surface area contributed by atoms with Gasteiger partial charge in [0.15, 0.2) is 0 Å². The van der Waals surface area contributed by atoms with E-state index < -0.39 is 23.7 Å². The number of benzene rings is 1. The number of hydrogen-bond donors (Lipinski definition) is 2. The van der Waals surface area contributed by atoms with Gasteiger partial charge in [-0.15, -0.1) is 0 Å². The van der Waals surface area contributed by atoms with Crippen LogP contribution in [0.3, 0.4) is 0 Å². The number of pyridine rings is 1. The van der Waals surface area contributed by atoms with Crippen LogP contribution in [0.25, 0.3) is 0 Å². The number of aromatic nitrogens is 1. The predicted octanol–water partition coefficient (Wildman–Crippen LogP) is 2.90. The van der Waals surface area contributed by atoms with Crippen molar-refractivity contribution in [2.24, 2.45) is 0 Å². The minimum Gasteiger partial charge on any atom is -0.496 e. The molecule has 0 radical (unpaired) electrons. The highest BCUT2D eigenvalue weighted by atomic mass is 19.4. The topological polar surface area (TPSA) is 98.8 Å². The lowest BCUT2D eigenvalue weighted by Gasteiger charge is -2.11. The highest BCUT2D eigenvalue weighted by molar-refractivity contribution is 6.03. The Balaban J connectivity index is 2.27. The van der Waals surface area contributed by atoms with Gasteiger partial charge in [0.25, 0.3) is 5.91 Å². The van der Waals surface area contributed by atoms with Crippen molar-refractivity contribution in [3.63, 3.8) is 0 Å². The Labute approximate surface area is 151 Å². The molecule has 2 N–H and O–H groups in total. The lowest BCUT2D eigenvalue weighted by atomic mass is 10.2. The number of methoxy groups -OCH3 is 1. The maximum Gasteiger partial charge on any atom is 0.416 e. The molecule has 0 unspecified atom stereocenters. The first-order valence-electron chi connectivity index (χ1n) is 7.28. The van der Waals surface area contributed by atoms with E-state index in [0.717, 1.165) is 12.1 Å². The van der Waals surface area contributed by atoms with Gasteiger partial charge in [-0.3, -0.25) is 14.9 Å². The molecule has 0 bridgehead atoms. The zero-order valence-corrected chi connectivity index (χ0v) is 14.1. The van der Waals surface area contributed by atoms with Crippen LogP contribution in [0.15, 0.2) is 36.4 Å². The molecular weight excluding hydrogens is 371 g/mol. The van der Waals surface area contributed by atoms with E-state index in [9.17, 15) is 22.8 Å². The minimum absolute atomic E-state index is 0.143. The lowest BCUT2D eigenvalue weighted by molar-refractivity contribution is -0.137. The van der Waals surface area contributed by atoms with E-state index in [1.807, 2.05) is 10.8 Å². The standard InChI is InChI=1S/C16H14F3N3O5/c1-25-11-7-12(14(23)21-15(24)22-26-2)20-13(8-11)27-10-5-3-4-9(6-10)16(17,18)19/h3-8H,1-2H3,(H2,21,22,23,24). The monoisotopic (exact) mass is 385 g/mol. The molecule has 1 aromatic heterocycles. The number of rotatable bonds is 5. The number of carbonyl (C=O) groups excluding carboxylic acids is 2. The van der Waals surface area contributed by atoms with Crippen LogP contribution < -0.4 is 20.3 Å². The highest BCUT2D eigenvalue weighted by Crippen LogP contribution is 2.33. The average Bonchev–Trinajstić information content (AvgIpc) is 2.61. The van der Waals surface area contributed by atoms with E-state index in [1.165, 1.54) is 38.5 Å². The molecular formula is C16H14F3N3O5. The number of nitrogens with zero attached hydrogens (tertiary/aromatic N) is 1. The van der Waals surface area contributed by atoms with Crippen molar-refractivity contribution in [2.75, 3.05) is 14.2 Å². The summed E-state index contributed by atoms with van der Waals surface area (Å²) in [4.78, 5) is 31.6. The molecule has 1 heterocycles. The van der Waals surface area contributed by atoms with Gasteiger partial charge in [-0.1, -0.05) is 6.07 Å². The van der Waals surface area contributed by atoms with Crippen molar-refractivity contribution < 1.29 is 37.1 Å². The first-order chi connectivity index (χ1) is 12.7. The second-order valence-electron chi connectivity index (χ2n) is 4.95. The molecule has 0 aliphatic rings. The molecule has 0 fully saturated rings. The van der Waals surface area contributed by atoms with Crippen molar-refractivity contribution in [1.29, 1.82) is 0 Å². The quantitative estimate of drug-likeness (QED) is 0.768. The normalized spacial score (nSPS) is 10.9. The van der Waals surface area contributed by atoms with Crippen LogP contribution in [0.2, 0.25) is 0 Å². The second-order valence-corrected chi connectivity index (χ2v) is 4.95. The smallest absolute Gasteiger partial charge is 0.416 e. The molecule has 0 atom stereocenters. The number of ether oxygens (including phenoxy) is 2. The van der Waals surface area contributed by atoms with Gasteiger partial charge in [0.1, 0.15) is 17.2 Å². The van der Waals surface area contributed by atoms with E-state index >= 15 is 0 Å². The van der Waals surface area contributed by atoms with Crippen molar-refractivity contribution >= 4 is 11.9 Å². The molecule has 0 saturated carbocycles. The Morgan fingerprint density at radius 1 is 1.07 bits per heavy atom. The number of nitrogens with one attached hydrogen (secondary N) is 2. The molecule has 0 spiro atoms. The minimum atomic E-state index is -4.54. The number of amides is 3. The highest BCUT2D eigenvalue weighted by Gasteiger charge is 2.30. The maximum absolute atomic E-state index is 12.8. The van der Waals surface area contributed by atoms with E-state index in [2.05, 4.69) is 9.82 Å². The summed E-state index contributed by atoms with van der Waals surface area (Å²) in [6.45, 7) is 0. The van der Waals surface area contributed by atoms with E-state index in [1.54, 1.807) is 0 Å². The van der Waals surface area contributed by atoms with Gasteiger partial charge >= 0.3 is 12.2 Å². The fraction of sp³-hybridized carbons (Fsp3) is 0.188. The van der Waals surface area contributed by atoms with Crippen LogP contribution in [-0.4, -0.2) is 31.1 Å². The summed E-state index contributed by atoms with van der Waals surface area (Å²) in [5, 5.41) is 1.93. The maximum atomic E-state index is 12.8. The molecule has 2 aromatic rings. The third kappa shape index (κ3) is 5.57. The number of carbonyl (C=O) groups is 2. The summed E-state index contributed by atoms with van der Waals surface area (Å²) >= 11 is 0. The van der Waals surface area contributed by atoms with Gasteiger partial charge < -0.3 is 9.47 Å². The summed E-state index contributed by atoms with van der Waals surface area (Å²) in [7, 11) is 2.48. The first kappa shape index (κ1) is 20.0. The van der Waals surface area contributed by atoms with Crippen LogP contribution >= 0.6 is 0 Å². The second kappa shape index (κ2) is 8.36. The first-order valence-corrected chi connectivity index (χ1v) is 7.28. The SMILES string of the molecule is CONC(=O)NC(=O)c1cc(OC)cc(Oc2cccc(C(F)(F)F)c2)n1. The molecule has 27 heavy (non-hydrogen) atoms. The molecule has 0 aliphatic heterocycles. The molecule has 8 nitrogen and oxygen atoms in total. The summed E-state index contributed by atoms with van der Waals surface area (Å²) in [6.07, 6.45) is -4.54. The Bertz CT molecular complexity index is 842. The number of hydrogen-bond acceptors (Lipinski definition) is 6. The van der Waals surface area contributed by atoms with Gasteiger partial charge in [0, 0.05) is 12.1 Å². The van der Waals surface area contributed by atoms with E-state index in [4.69, 9.17) is 9.47 Å². The summed E-state index contributed by atoms with van der Waals surface area (Å²) in [5.41, 5.74) is 0.715. The predicted molar refractivity (Wildman–Crippen MR) is 85.3 cm³/mol. The van der Waals surface area contributed by atoms with Crippen LogP contribution in [0.1, 0.15) is 16.1 Å². The Hall–Kier alpha value is -3.34. The number of halogens is 3. The number of hydroxylamine groups is 1. The zero-order valence-electron chi connectivity index (χ0n) is 14.1. The molecule has 2 rings (SSSR count). The largest absolute Gasteiger partial charge is 0.496 e. The third-order valence-corrected chi connectivity index (χ3v) is 3.05. The molecule has 0 aliphatic carbocycles. The van der Waals surface area contributed by atoms with Gasteiger partial charge in [0.2, 0.25) is 5.88 Å². The van der Waals surface area contributed by atoms with Crippen molar-refractivity contribution in [1.82, 2.24) is 15.8 Å². The molecule has 3 amide bonds. The summed E-state index contributed by atoms with van der Waals surface area (Å²) < 4.78 is 48.7. The van der Waals surface area contributed by atoms with Crippen LogP contribution in [0.4, 0.5) is 18.0 Å². The Morgan fingerprint density at radius 2 is 1.81 bits per heavy atom. The van der Waals surface area contributed by atoms with Crippen LogP contribution in [0, 0.1) is 0 Å². The molecule has 1 aromatic carbocycles. The molecule has 144 valence electrons. The van der Waals surface area contributed by atoms with Gasteiger partial charge in [-0.05, 0) is 18.2 Å². The van der Waals surface area contributed by atoms with Gasteiger partial charge in [0.05, 0.1) is 19.8 Å². The Morgan fingerprint density at radius 3 is 2.44 bits per heavy atom. The van der Waals surface area contributed by atoms with Crippen molar-refractivity contribution in [3.05, 3.63) is 47.7 Å². The summed E-state index contributed by atoms with van der Waals surface area (Å²) in [5.74, 6) is -1.11. The average molecular weight is 385 g/mol. The van der Waals surface area contributed by atoms with E-state index in [-0.39, 0.29) is 23.1 Å². The van der Waals surface area contributed by atoms with Crippen molar-refractivity contribution in [3.8, 4) is 17.4 Å². The fourth-order valence-electron chi connectivity index (χ4n) is 1.91. The van der Waals surface area contributed by atoms with Crippen LogP contribution in [0.5, 0.6) is 17.4 Å². The number of imide groups is 1. The fourth-order valence-corrected chi connectivity index (χ4v) is 1.91. The molecule has 11 heteroatoms. The van der Waals surface area contributed by atoms with Gasteiger partial charge in [-0.2, -0.15) is 13.2 Å². The van der Waals surface area contributed by atoms with Crippen LogP contribution in [-0.2, 0) is 11.0 Å². The van der Waals surface area contributed by atoms with Crippen molar-refractivity contribution in [2.45, 2.75) is 6.18 Å². The number of alkyl halides is 3. The summed E-state index contributed by atoms with van der Waals surface area (Å²) in [6, 6.07) is 5.68. The Kier molecular flexibility index (Phi) is 6.19. The molecule has 0 saturated heterocycles. The third-order valence-electron chi connectivity index (χ3n) is 3.05. The van der Waals surface area contributed by atoms with Gasteiger partial charge in [-0.25, -0.2) is 15.3 Å². The number of urea groups is 1. The van der Waals surface area contributed by atoms with E-state index in [0.29, 0.717) is 0 Å². The zero-order chi connectivity index (χ0) is 20.0. The lowest BCUT2D eigenvalue weighted by Crippen LogP contribution is -2.39.